The van der Waals surface area contributed by atoms with E-state index in [1.807, 2.05) is 29.2 Å². The Morgan fingerprint density at radius 1 is 1.03 bits per heavy atom. The van der Waals surface area contributed by atoms with Gasteiger partial charge in [0.2, 0.25) is 5.91 Å². The highest BCUT2D eigenvalue weighted by atomic mass is 16.6. The van der Waals surface area contributed by atoms with Gasteiger partial charge in [-0.1, -0.05) is 24.6 Å². The molecule has 0 radical (unpaired) electrons. The molecule has 0 bridgehead atoms. The molecule has 186 valence electrons. The number of aromatic amines is 1. The Hall–Kier alpha value is -4.08. The molecule has 2 aliphatic heterocycles. The number of imidazole rings is 1. The molecule has 3 amide bonds. The van der Waals surface area contributed by atoms with Crippen LogP contribution in [-0.2, 0) is 4.79 Å². The maximum absolute atomic E-state index is 12.7. The van der Waals surface area contributed by atoms with E-state index in [0.29, 0.717) is 44.7 Å². The monoisotopic (exact) mass is 489 g/mol. The van der Waals surface area contributed by atoms with E-state index in [1.165, 1.54) is 18.2 Å². The lowest BCUT2D eigenvalue weighted by atomic mass is 9.96. The molecule has 0 unspecified atom stereocenters. The number of imide groups is 1. The molecule has 10 nitrogen and oxygen atoms in total. The van der Waals surface area contributed by atoms with Crippen LogP contribution in [-0.4, -0.2) is 62.0 Å². The number of unbranched alkanes of at least 4 members (excludes halogenated alkanes) is 2. The van der Waals surface area contributed by atoms with Crippen LogP contribution in [0.1, 0.15) is 71.0 Å². The number of benzene rings is 2. The van der Waals surface area contributed by atoms with E-state index in [1.54, 1.807) is 0 Å². The summed E-state index contributed by atoms with van der Waals surface area (Å²) in [6, 6.07) is 12.1. The standard InChI is InChI=1S/C26H27N5O5/c32-22(29-15-12-17(13-16-29)24-27-19-8-3-4-9-20(19)28-24)11-2-1-5-14-30-25(33)18-7-6-10-21(31(35)36)23(18)26(30)34/h3-4,6-10,17H,1-2,5,11-16H2,(H,27,28). The average molecular weight is 490 g/mol. The molecule has 10 heteroatoms. The Kier molecular flexibility index (Phi) is 6.49. The predicted octanol–water partition coefficient (Wildman–Crippen LogP) is 4.03. The molecule has 0 aliphatic carbocycles. The number of hydrogen-bond donors (Lipinski definition) is 1. The van der Waals surface area contributed by atoms with Gasteiger partial charge in [-0.05, 0) is 43.9 Å². The molecule has 3 aromatic rings. The van der Waals surface area contributed by atoms with Gasteiger partial charge < -0.3 is 9.88 Å². The maximum Gasteiger partial charge on any atom is 0.282 e. The average Bonchev–Trinajstić information content (AvgIpc) is 3.43. The minimum atomic E-state index is -0.640. The second-order valence-corrected chi connectivity index (χ2v) is 9.32. The molecule has 1 fully saturated rings. The van der Waals surface area contributed by atoms with Crippen molar-refractivity contribution in [3.05, 3.63) is 69.5 Å². The first-order chi connectivity index (χ1) is 17.4. The van der Waals surface area contributed by atoms with Gasteiger partial charge in [0, 0.05) is 38.0 Å². The molecule has 0 spiro atoms. The van der Waals surface area contributed by atoms with Crippen LogP contribution in [0.5, 0.6) is 0 Å². The number of hydrogen-bond acceptors (Lipinski definition) is 6. The van der Waals surface area contributed by atoms with E-state index in [4.69, 9.17) is 4.98 Å². The summed E-state index contributed by atoms with van der Waals surface area (Å²) in [5.41, 5.74) is 1.60. The summed E-state index contributed by atoms with van der Waals surface area (Å²) >= 11 is 0. The SMILES string of the molecule is O=C(CCCCCN1C(=O)c2cccc([N+](=O)[O-])c2C1=O)N1CCC(c2nc3ccccc3[nH]2)CC1. The van der Waals surface area contributed by atoms with Crippen LogP contribution >= 0.6 is 0 Å². The largest absolute Gasteiger partial charge is 0.343 e. The summed E-state index contributed by atoms with van der Waals surface area (Å²) < 4.78 is 0. The number of likely N-dealkylation sites (tertiary alicyclic amines) is 1. The molecule has 1 saturated heterocycles. The van der Waals surface area contributed by atoms with E-state index in [9.17, 15) is 24.5 Å². The summed E-state index contributed by atoms with van der Waals surface area (Å²) in [7, 11) is 0. The summed E-state index contributed by atoms with van der Waals surface area (Å²) in [6.07, 6.45) is 4.04. The fourth-order valence-electron chi connectivity index (χ4n) is 5.12. The van der Waals surface area contributed by atoms with E-state index in [-0.39, 0.29) is 29.3 Å². The van der Waals surface area contributed by atoms with Crippen molar-refractivity contribution in [3.63, 3.8) is 0 Å². The third kappa shape index (κ3) is 4.46. The van der Waals surface area contributed by atoms with Crippen molar-refractivity contribution in [2.75, 3.05) is 19.6 Å². The summed E-state index contributed by atoms with van der Waals surface area (Å²) in [6.45, 7) is 1.59. The number of H-pyrrole nitrogens is 1. The molecule has 0 atom stereocenters. The molecular weight excluding hydrogens is 462 g/mol. The lowest BCUT2D eigenvalue weighted by Crippen LogP contribution is -2.38. The summed E-state index contributed by atoms with van der Waals surface area (Å²) in [5.74, 6) is 0.306. The van der Waals surface area contributed by atoms with E-state index < -0.39 is 16.7 Å². The fourth-order valence-corrected chi connectivity index (χ4v) is 5.12. The lowest BCUT2D eigenvalue weighted by molar-refractivity contribution is -0.385. The molecule has 0 saturated carbocycles. The molecule has 3 heterocycles. The van der Waals surface area contributed by atoms with Crippen molar-refractivity contribution in [3.8, 4) is 0 Å². The van der Waals surface area contributed by atoms with Crippen LogP contribution in [0.25, 0.3) is 11.0 Å². The molecule has 2 aliphatic rings. The first-order valence-electron chi connectivity index (χ1n) is 12.3. The van der Waals surface area contributed by atoms with Gasteiger partial charge in [0.15, 0.2) is 0 Å². The number of para-hydroxylation sites is 2. The number of carbonyl (C=O) groups excluding carboxylic acids is 3. The third-order valence-electron chi connectivity index (χ3n) is 7.09. The predicted molar refractivity (Wildman–Crippen MR) is 132 cm³/mol. The van der Waals surface area contributed by atoms with Crippen LogP contribution in [0.2, 0.25) is 0 Å². The zero-order chi connectivity index (χ0) is 25.2. The minimum Gasteiger partial charge on any atom is -0.343 e. The van der Waals surface area contributed by atoms with Crippen molar-refractivity contribution < 1.29 is 19.3 Å². The number of nitrogens with zero attached hydrogens (tertiary/aromatic N) is 4. The van der Waals surface area contributed by atoms with E-state index in [0.717, 1.165) is 34.6 Å². The normalized spacial score (nSPS) is 16.1. The lowest BCUT2D eigenvalue weighted by Gasteiger charge is -2.31. The molecule has 2 aromatic carbocycles. The number of fused-ring (bicyclic) bond motifs is 2. The second-order valence-electron chi connectivity index (χ2n) is 9.32. The van der Waals surface area contributed by atoms with Gasteiger partial charge in [0.25, 0.3) is 17.5 Å². The van der Waals surface area contributed by atoms with Gasteiger partial charge in [0.05, 0.1) is 21.5 Å². The number of aromatic nitrogens is 2. The van der Waals surface area contributed by atoms with Crippen molar-refractivity contribution in [2.45, 2.75) is 44.4 Å². The highest BCUT2D eigenvalue weighted by Crippen LogP contribution is 2.31. The van der Waals surface area contributed by atoms with E-state index in [2.05, 4.69) is 4.98 Å². The Bertz CT molecular complexity index is 1310. The Balaban J connectivity index is 1.05. The highest BCUT2D eigenvalue weighted by Gasteiger charge is 2.40. The first kappa shape index (κ1) is 23.7. The number of nitro groups is 1. The number of piperidine rings is 1. The van der Waals surface area contributed by atoms with Gasteiger partial charge >= 0.3 is 0 Å². The fraction of sp³-hybridized carbons (Fsp3) is 0.385. The van der Waals surface area contributed by atoms with Crippen LogP contribution in [0.4, 0.5) is 5.69 Å². The molecule has 1 aromatic heterocycles. The highest BCUT2D eigenvalue weighted by molar-refractivity contribution is 6.23. The molecule has 1 N–H and O–H groups in total. The zero-order valence-electron chi connectivity index (χ0n) is 19.8. The van der Waals surface area contributed by atoms with Gasteiger partial charge in [-0.2, -0.15) is 0 Å². The number of rotatable bonds is 8. The van der Waals surface area contributed by atoms with E-state index >= 15 is 0 Å². The van der Waals surface area contributed by atoms with Crippen molar-refractivity contribution in [2.24, 2.45) is 0 Å². The number of carbonyl (C=O) groups is 3. The number of nitro benzene ring substituents is 1. The quantitative estimate of drug-likeness (QED) is 0.220. The first-order valence-corrected chi connectivity index (χ1v) is 12.3. The van der Waals surface area contributed by atoms with Crippen molar-refractivity contribution >= 4 is 34.4 Å². The molecule has 36 heavy (non-hydrogen) atoms. The Morgan fingerprint density at radius 3 is 2.56 bits per heavy atom. The summed E-state index contributed by atoms with van der Waals surface area (Å²) in [4.78, 5) is 59.5. The summed E-state index contributed by atoms with van der Waals surface area (Å²) in [5, 5.41) is 11.2. The van der Waals surface area contributed by atoms with Gasteiger partial charge in [0.1, 0.15) is 11.4 Å². The smallest absolute Gasteiger partial charge is 0.282 e. The Labute approximate surface area is 207 Å². The number of nitrogens with one attached hydrogen (secondary N) is 1. The van der Waals surface area contributed by atoms with Gasteiger partial charge in [-0.3, -0.25) is 29.4 Å². The minimum absolute atomic E-state index is 0.0791. The van der Waals surface area contributed by atoms with Crippen LogP contribution in [0.15, 0.2) is 42.5 Å². The topological polar surface area (TPSA) is 130 Å². The van der Waals surface area contributed by atoms with Gasteiger partial charge in [-0.25, -0.2) is 4.98 Å². The number of amides is 3. The molecule has 5 rings (SSSR count). The Morgan fingerprint density at radius 2 is 1.81 bits per heavy atom. The van der Waals surface area contributed by atoms with Crippen LogP contribution in [0.3, 0.4) is 0 Å². The van der Waals surface area contributed by atoms with Crippen LogP contribution < -0.4 is 0 Å². The molecular formula is C26H27N5O5. The maximum atomic E-state index is 12.7. The van der Waals surface area contributed by atoms with Crippen molar-refractivity contribution in [1.82, 2.24) is 19.8 Å². The zero-order valence-corrected chi connectivity index (χ0v) is 19.8. The third-order valence-corrected chi connectivity index (χ3v) is 7.09. The van der Waals surface area contributed by atoms with Gasteiger partial charge in [-0.15, -0.1) is 0 Å². The second kappa shape index (κ2) is 9.88. The van der Waals surface area contributed by atoms with Crippen LogP contribution in [0, 0.1) is 10.1 Å². The van der Waals surface area contributed by atoms with Crippen molar-refractivity contribution in [1.29, 1.82) is 0 Å².